The van der Waals surface area contributed by atoms with Crippen LogP contribution in [0, 0.1) is 29.0 Å². The molecule has 15 nitrogen and oxygen atoms in total. The molecule has 16 rings (SSSR count). The first-order valence-electron chi connectivity index (χ1n) is 42.4. The molecule has 4 unspecified atom stereocenters. The van der Waals surface area contributed by atoms with Gasteiger partial charge >= 0.3 is 12.5 Å². The van der Waals surface area contributed by atoms with Gasteiger partial charge in [0.2, 0.25) is 0 Å². The summed E-state index contributed by atoms with van der Waals surface area (Å²) in [4.78, 5) is 38.9. The van der Waals surface area contributed by atoms with Crippen molar-refractivity contribution < 1.29 is 55.6 Å². The Balaban J connectivity index is 0.000000133. The normalized spacial score (nSPS) is 24.0. The molecule has 7 saturated heterocycles. The first-order chi connectivity index (χ1) is 54.8. The van der Waals surface area contributed by atoms with E-state index in [9.17, 15) is 27.2 Å². The third-order valence-corrected chi connectivity index (χ3v) is 27.2. The minimum absolute atomic E-state index is 0.0630. The van der Waals surface area contributed by atoms with Gasteiger partial charge in [0, 0.05) is 69.1 Å². The maximum absolute atomic E-state index is 13.6. The molecule has 7 aliphatic heterocycles. The third kappa shape index (κ3) is 21.1. The highest BCUT2D eigenvalue weighted by atomic mass is 35.5. The summed E-state index contributed by atoms with van der Waals surface area (Å²) in [6, 6.07) is 43.3. The molecule has 3 saturated carbocycles. The summed E-state index contributed by atoms with van der Waals surface area (Å²) in [7, 11) is 8.68. The molecule has 6 aromatic rings. The summed E-state index contributed by atoms with van der Waals surface area (Å²) in [6.07, 6.45) is 23.9. The van der Waals surface area contributed by atoms with Crippen molar-refractivity contribution in [1.29, 1.82) is 5.26 Å². The molecular weight excluding hydrogens is 1450 g/mol. The van der Waals surface area contributed by atoms with Crippen LogP contribution >= 0.6 is 11.6 Å². The molecule has 0 radical (unpaired) electrons. The Bertz CT molecular complexity index is 4120. The predicted octanol–water partition coefficient (Wildman–Crippen LogP) is 20.3. The Morgan fingerprint density at radius 1 is 0.504 bits per heavy atom. The van der Waals surface area contributed by atoms with Crippen LogP contribution in [0.15, 0.2) is 121 Å². The molecular formula is C93H120ClF4N7O8. The fourth-order valence-corrected chi connectivity index (χ4v) is 21.2. The van der Waals surface area contributed by atoms with Gasteiger partial charge in [-0.15, -0.1) is 13.2 Å². The topological polar surface area (TPSA) is 133 Å². The summed E-state index contributed by atoms with van der Waals surface area (Å²) in [5.74, 6) is 6.02. The summed E-state index contributed by atoms with van der Waals surface area (Å²) in [5.41, 5.74) is 10.0. The summed E-state index contributed by atoms with van der Waals surface area (Å²) in [5, 5.41) is 9.51. The highest BCUT2D eigenvalue weighted by Gasteiger charge is 2.45. The number of amides is 2. The number of benzene rings is 6. The largest absolute Gasteiger partial charge is 0.573 e. The lowest BCUT2D eigenvalue weighted by Gasteiger charge is -2.40. The predicted molar refractivity (Wildman–Crippen MR) is 438 cm³/mol. The molecule has 0 aromatic heterocycles. The van der Waals surface area contributed by atoms with Crippen LogP contribution in [0.1, 0.15) is 223 Å². The quantitative estimate of drug-likeness (QED) is 0.0852. The number of piperidine rings is 4. The van der Waals surface area contributed by atoms with E-state index in [1.165, 1.54) is 138 Å². The van der Waals surface area contributed by atoms with Gasteiger partial charge in [-0.05, 0) is 335 Å². The minimum atomic E-state index is -4.68. The number of methoxy groups -OCH3 is 3. The molecule has 7 heterocycles. The molecule has 3 aliphatic carbocycles. The van der Waals surface area contributed by atoms with Crippen LogP contribution in [0.2, 0.25) is 5.02 Å². The zero-order chi connectivity index (χ0) is 79.1. The van der Waals surface area contributed by atoms with Crippen molar-refractivity contribution in [3.63, 3.8) is 0 Å². The first kappa shape index (κ1) is 83.5. The molecule has 6 atom stereocenters. The molecule has 4 bridgehead atoms. The van der Waals surface area contributed by atoms with Crippen molar-refractivity contribution in [2.24, 2.45) is 11.8 Å². The van der Waals surface area contributed by atoms with Crippen LogP contribution in [0.5, 0.6) is 23.0 Å². The standard InChI is InChI=1S/C27H35ClN2O2.C24H28N2O2.C23H31F3N2O3.C19H26FNO/c1-29(2)27(31)23-11-9-21(18-25(23)28)20-10-12-26(32-3)24(17-20)19-13-15-30(16-14-19)22-7-5-4-6-8-22;1-27-24-7-6-21(19-4-2-18(17-25)3-5-19)16-23(24)20-8-12-26(13-9-20)22-10-14-28-15-11-22;1-2-30-22(29)28-17-7-9-18(15-19(28)10-8-17)27-13-11-16(12-14-27)20-5-3-4-6-21(20)31-23(24,25)26;1-22-19-5-4-16(20)12-17(19)14-6-8-21(9-7-14)18-11-13-2-3-15(18)10-13/h9-12,17-19,22H,4-8,13-16H2,1-3H3;2-7,16,20,22H,8-15H2,1H3;3-6,16-19H,2,7-15H2,1H3;4-5,12-15,18H,2-3,6-11H2,1H3/t;;;13-,15?,18+/m...0/s1. The maximum atomic E-state index is 13.6. The van der Waals surface area contributed by atoms with Gasteiger partial charge in [-0.1, -0.05) is 85.8 Å². The Morgan fingerprint density at radius 2 is 0.991 bits per heavy atom. The average Bonchev–Trinajstić information content (AvgIpc) is 1.76. The van der Waals surface area contributed by atoms with E-state index in [0.717, 1.165) is 174 Å². The SMILES string of the molecule is CCOC(=O)N1C2CCC(N3CCC(c4ccccc4OC(F)(F)F)CC3)CC1CC2.COc1ccc(-c2ccc(C#N)cc2)cc1C1CCN(C2CCOCC2)CC1.COc1ccc(-c2ccc(C(=O)N(C)C)c(Cl)c2)cc1C1CCN(C2CCCCC2)CC1.COc1ccc(F)cc1C1CCN([C@@H]2C[C@H]3CCC2C3)CC1. The van der Waals surface area contributed by atoms with Gasteiger partial charge in [-0.25, -0.2) is 9.18 Å². The summed E-state index contributed by atoms with van der Waals surface area (Å²) >= 11 is 6.48. The number of carbonyl (C=O) groups excluding carboxylic acids is 2. The highest BCUT2D eigenvalue weighted by Crippen LogP contribution is 2.49. The molecule has 20 heteroatoms. The lowest BCUT2D eigenvalue weighted by atomic mass is 9.85. The van der Waals surface area contributed by atoms with E-state index in [-0.39, 0.29) is 41.6 Å². The number of nitrogens with zero attached hydrogens (tertiary/aromatic N) is 7. The molecule has 0 N–H and O–H groups in total. The number of nitriles is 1. The van der Waals surface area contributed by atoms with Crippen molar-refractivity contribution in [3.8, 4) is 51.3 Å². The van der Waals surface area contributed by atoms with Crippen LogP contribution in [-0.2, 0) is 9.47 Å². The van der Waals surface area contributed by atoms with Gasteiger partial charge < -0.3 is 57.8 Å². The Hall–Kier alpha value is -7.44. The van der Waals surface area contributed by atoms with Crippen molar-refractivity contribution in [2.45, 2.75) is 227 Å². The van der Waals surface area contributed by atoms with E-state index >= 15 is 0 Å². The van der Waals surface area contributed by atoms with Crippen molar-refractivity contribution in [2.75, 3.05) is 108 Å². The number of rotatable bonds is 16. The smallest absolute Gasteiger partial charge is 0.496 e. The molecule has 2 amide bonds. The summed E-state index contributed by atoms with van der Waals surface area (Å²) < 4.78 is 83.9. The highest BCUT2D eigenvalue weighted by molar-refractivity contribution is 6.34. The monoisotopic (exact) mass is 1570 g/mol. The number of likely N-dealkylation sites (tertiary alicyclic amines) is 4. The van der Waals surface area contributed by atoms with Crippen molar-refractivity contribution >= 4 is 23.6 Å². The van der Waals surface area contributed by atoms with Crippen LogP contribution in [0.3, 0.4) is 0 Å². The molecule has 6 aromatic carbocycles. The lowest BCUT2D eigenvalue weighted by molar-refractivity contribution is -0.275. The van der Waals surface area contributed by atoms with Crippen molar-refractivity contribution in [1.82, 2.24) is 29.4 Å². The number of ether oxygens (including phenoxy) is 6. The lowest BCUT2D eigenvalue weighted by Crippen LogP contribution is -2.44. The third-order valence-electron chi connectivity index (χ3n) is 26.9. The Morgan fingerprint density at radius 3 is 1.51 bits per heavy atom. The second kappa shape index (κ2) is 39.5. The molecule has 0 spiro atoms. The molecule has 10 aliphatic rings. The molecule has 113 heavy (non-hydrogen) atoms. The second-order valence-electron chi connectivity index (χ2n) is 33.5. The van der Waals surface area contributed by atoms with Gasteiger partial charge in [0.05, 0.1) is 50.2 Å². The number of hydrogen-bond donors (Lipinski definition) is 0. The van der Waals surface area contributed by atoms with E-state index in [0.29, 0.717) is 58.2 Å². The van der Waals surface area contributed by atoms with E-state index in [4.69, 9.17) is 40.5 Å². The molecule has 10 fully saturated rings. The van der Waals surface area contributed by atoms with Gasteiger partial charge in [-0.2, -0.15) is 5.26 Å². The van der Waals surface area contributed by atoms with E-state index in [1.807, 2.05) is 54.3 Å². The Labute approximate surface area is 673 Å². The van der Waals surface area contributed by atoms with Crippen LogP contribution in [-0.4, -0.2) is 192 Å². The van der Waals surface area contributed by atoms with Crippen LogP contribution in [0.25, 0.3) is 22.3 Å². The fourth-order valence-electron chi connectivity index (χ4n) is 20.9. The first-order valence-corrected chi connectivity index (χ1v) is 42.8. The van der Waals surface area contributed by atoms with E-state index < -0.39 is 6.36 Å². The number of para-hydroxylation sites is 1. The van der Waals surface area contributed by atoms with Crippen LogP contribution in [0.4, 0.5) is 22.4 Å². The fraction of sp³-hybridized carbons (Fsp3) is 0.581. The number of carbonyl (C=O) groups is 2. The maximum Gasteiger partial charge on any atom is 0.573 e. The minimum Gasteiger partial charge on any atom is -0.496 e. The number of fused-ring (bicyclic) bond motifs is 4. The summed E-state index contributed by atoms with van der Waals surface area (Å²) in [6.45, 7) is 12.7. The van der Waals surface area contributed by atoms with Gasteiger partial charge in [0.15, 0.2) is 0 Å². The van der Waals surface area contributed by atoms with Crippen LogP contribution < -0.4 is 18.9 Å². The number of hydrogen-bond acceptors (Lipinski definition) is 13. The second-order valence-corrected chi connectivity index (χ2v) is 34.0. The number of alkyl halides is 3. The zero-order valence-electron chi connectivity index (χ0n) is 67.5. The van der Waals surface area contributed by atoms with Gasteiger partial charge in [0.1, 0.15) is 28.8 Å². The average molecular weight is 1580 g/mol. The van der Waals surface area contributed by atoms with Gasteiger partial charge in [0.25, 0.3) is 5.91 Å². The Kier molecular flexibility index (Phi) is 29.2. The van der Waals surface area contributed by atoms with E-state index in [1.54, 1.807) is 70.7 Å². The van der Waals surface area contributed by atoms with E-state index in [2.05, 4.69) is 66.8 Å². The van der Waals surface area contributed by atoms with Crippen molar-refractivity contribution in [3.05, 3.63) is 166 Å². The zero-order valence-corrected chi connectivity index (χ0v) is 68.3. The number of halogens is 5. The molecule has 610 valence electrons. The van der Waals surface area contributed by atoms with Gasteiger partial charge in [-0.3, -0.25) is 4.79 Å².